The quantitative estimate of drug-likeness (QED) is 0.737. The number of hydrogen-bond donors (Lipinski definition) is 1. The topological polar surface area (TPSA) is 54.9 Å². The van der Waals surface area contributed by atoms with E-state index >= 15 is 0 Å². The Kier molecular flexibility index (Phi) is 4.26. The molecule has 4 nitrogen and oxygen atoms in total. The first-order valence-corrected chi connectivity index (χ1v) is 7.86. The Morgan fingerprint density at radius 1 is 1.14 bits per heavy atom. The molecule has 3 rings (SSSR count). The van der Waals surface area contributed by atoms with Crippen molar-refractivity contribution in [3.63, 3.8) is 0 Å². The summed E-state index contributed by atoms with van der Waals surface area (Å²) in [6.45, 7) is 0. The van der Waals surface area contributed by atoms with Gasteiger partial charge in [-0.25, -0.2) is 4.39 Å². The zero-order valence-electron chi connectivity index (χ0n) is 11.1. The Morgan fingerprint density at radius 2 is 1.86 bits per heavy atom. The number of nitrogens with zero attached hydrogens (tertiary/aromatic N) is 2. The summed E-state index contributed by atoms with van der Waals surface area (Å²) in [5.41, 5.74) is 1.74. The fraction of sp³-hybridized carbons (Fsp3) is 0. The minimum Gasteiger partial charge on any atom is -0.320 e. The van der Waals surface area contributed by atoms with Gasteiger partial charge in [-0.2, -0.15) is 0 Å². The summed E-state index contributed by atoms with van der Waals surface area (Å²) in [6.07, 6.45) is 0. The van der Waals surface area contributed by atoms with Crippen molar-refractivity contribution in [3.8, 4) is 11.3 Å². The molecule has 0 unspecified atom stereocenters. The summed E-state index contributed by atoms with van der Waals surface area (Å²) in [7, 11) is 0. The van der Waals surface area contributed by atoms with E-state index < -0.39 is 0 Å². The molecule has 0 fully saturated rings. The number of rotatable bonds is 3. The Bertz CT molecular complexity index is 820. The van der Waals surface area contributed by atoms with Gasteiger partial charge >= 0.3 is 0 Å². The molecule has 0 aliphatic rings. The molecule has 0 aliphatic heterocycles. The van der Waals surface area contributed by atoms with Gasteiger partial charge in [-0.3, -0.25) is 4.79 Å². The lowest BCUT2D eigenvalue weighted by Gasteiger charge is -2.06. The van der Waals surface area contributed by atoms with Crippen LogP contribution in [0.3, 0.4) is 0 Å². The van der Waals surface area contributed by atoms with Crippen LogP contribution in [-0.2, 0) is 0 Å². The van der Waals surface area contributed by atoms with Crippen molar-refractivity contribution in [3.05, 3.63) is 63.7 Å². The summed E-state index contributed by atoms with van der Waals surface area (Å²) in [4.78, 5) is 12.8. The van der Waals surface area contributed by atoms with E-state index in [9.17, 15) is 9.18 Å². The molecular weight excluding hydrogens is 369 g/mol. The van der Waals surface area contributed by atoms with Crippen molar-refractivity contribution in [2.24, 2.45) is 0 Å². The number of hydrogen-bond acceptors (Lipinski definition) is 4. The Labute approximate surface area is 138 Å². The van der Waals surface area contributed by atoms with Crippen LogP contribution in [0.15, 0.2) is 53.0 Å². The van der Waals surface area contributed by atoms with Crippen molar-refractivity contribution in [2.45, 2.75) is 0 Å². The zero-order valence-corrected chi connectivity index (χ0v) is 13.5. The van der Waals surface area contributed by atoms with E-state index in [1.807, 2.05) is 18.2 Å². The van der Waals surface area contributed by atoms with E-state index in [0.717, 1.165) is 16.0 Å². The van der Waals surface area contributed by atoms with Gasteiger partial charge in [0.05, 0.1) is 5.69 Å². The number of nitrogens with one attached hydrogen (secondary N) is 1. The minimum absolute atomic E-state index is 0.304. The first-order valence-electron chi connectivity index (χ1n) is 6.29. The van der Waals surface area contributed by atoms with Crippen LogP contribution >= 0.6 is 27.5 Å². The number of para-hydroxylation sites is 1. The highest BCUT2D eigenvalue weighted by molar-refractivity contribution is 9.10. The summed E-state index contributed by atoms with van der Waals surface area (Å²) in [5.74, 6) is -0.646. The molecule has 0 radical (unpaired) electrons. The lowest BCUT2D eigenvalue weighted by Crippen LogP contribution is -2.11. The molecule has 7 heteroatoms. The number of benzene rings is 2. The molecule has 110 valence electrons. The van der Waals surface area contributed by atoms with Crippen molar-refractivity contribution in [2.75, 3.05) is 5.32 Å². The fourth-order valence-electron chi connectivity index (χ4n) is 1.88. The Balaban J connectivity index is 1.90. The van der Waals surface area contributed by atoms with Crippen LogP contribution in [0.5, 0.6) is 0 Å². The van der Waals surface area contributed by atoms with Crippen molar-refractivity contribution in [1.29, 1.82) is 0 Å². The molecule has 0 spiro atoms. The second-order valence-corrected chi connectivity index (χ2v) is 6.00. The third-order valence-electron chi connectivity index (χ3n) is 2.93. The monoisotopic (exact) mass is 377 g/mol. The highest BCUT2D eigenvalue weighted by Gasteiger charge is 2.18. The molecule has 1 aromatic heterocycles. The Morgan fingerprint density at radius 3 is 2.59 bits per heavy atom. The number of carbonyl (C=O) groups excluding carboxylic acids is 1. The molecule has 0 atom stereocenters. The summed E-state index contributed by atoms with van der Waals surface area (Å²) >= 11 is 4.37. The largest absolute Gasteiger partial charge is 0.320 e. The van der Waals surface area contributed by atoms with Crippen LogP contribution < -0.4 is 5.32 Å². The van der Waals surface area contributed by atoms with Gasteiger partial charge in [0.1, 0.15) is 16.4 Å². The van der Waals surface area contributed by atoms with E-state index in [4.69, 9.17) is 0 Å². The van der Waals surface area contributed by atoms with E-state index in [1.54, 1.807) is 18.2 Å². The normalized spacial score (nSPS) is 10.5. The third kappa shape index (κ3) is 3.05. The molecule has 1 amide bonds. The number of anilines is 1. The SMILES string of the molecule is O=C(Nc1ccccc1Br)c1snnc1-c1ccc(F)cc1. The fourth-order valence-corrected chi connectivity index (χ4v) is 2.85. The number of aromatic nitrogens is 2. The smallest absolute Gasteiger partial charge is 0.269 e. The molecule has 1 N–H and O–H groups in total. The average Bonchev–Trinajstić information content (AvgIpc) is 3.00. The molecule has 22 heavy (non-hydrogen) atoms. The maximum Gasteiger partial charge on any atom is 0.269 e. The minimum atomic E-state index is -0.342. The van der Waals surface area contributed by atoms with E-state index in [0.29, 0.717) is 21.8 Å². The van der Waals surface area contributed by atoms with Gasteiger partial charge in [0, 0.05) is 10.0 Å². The van der Waals surface area contributed by atoms with Gasteiger partial charge in [0.25, 0.3) is 5.91 Å². The Hall–Kier alpha value is -2.12. The second-order valence-electron chi connectivity index (χ2n) is 4.39. The van der Waals surface area contributed by atoms with Crippen molar-refractivity contribution < 1.29 is 9.18 Å². The summed E-state index contributed by atoms with van der Waals surface area (Å²) in [6, 6.07) is 13.1. The number of amides is 1. The van der Waals surface area contributed by atoms with E-state index in [-0.39, 0.29) is 11.7 Å². The third-order valence-corrected chi connectivity index (χ3v) is 4.35. The van der Waals surface area contributed by atoms with Crippen LogP contribution in [0.25, 0.3) is 11.3 Å². The number of carbonyl (C=O) groups is 1. The van der Waals surface area contributed by atoms with Gasteiger partial charge in [-0.05, 0) is 63.9 Å². The first-order chi connectivity index (χ1) is 10.6. The standard InChI is InChI=1S/C15H9BrFN3OS/c16-11-3-1-2-4-12(11)18-15(21)14-13(19-20-22-14)9-5-7-10(17)8-6-9/h1-8H,(H,18,21). The predicted molar refractivity (Wildman–Crippen MR) is 87.4 cm³/mol. The highest BCUT2D eigenvalue weighted by Crippen LogP contribution is 2.27. The molecular formula is C15H9BrFN3OS. The van der Waals surface area contributed by atoms with Crippen LogP contribution in [0.4, 0.5) is 10.1 Å². The van der Waals surface area contributed by atoms with Gasteiger partial charge in [-0.15, -0.1) is 5.10 Å². The van der Waals surface area contributed by atoms with Crippen molar-refractivity contribution in [1.82, 2.24) is 9.59 Å². The molecule has 0 bridgehead atoms. The van der Waals surface area contributed by atoms with E-state index in [1.165, 1.54) is 12.1 Å². The summed E-state index contributed by atoms with van der Waals surface area (Å²) < 4.78 is 17.6. The van der Waals surface area contributed by atoms with Gasteiger partial charge in [0.15, 0.2) is 0 Å². The van der Waals surface area contributed by atoms with Crippen LogP contribution in [0.2, 0.25) is 0 Å². The maximum absolute atomic E-state index is 13.0. The molecule has 0 aliphatic carbocycles. The number of halogens is 2. The first kappa shape index (κ1) is 14.8. The molecule has 0 saturated heterocycles. The highest BCUT2D eigenvalue weighted by atomic mass is 79.9. The molecule has 2 aromatic carbocycles. The van der Waals surface area contributed by atoms with Gasteiger partial charge in [0.2, 0.25) is 0 Å². The predicted octanol–water partition coefficient (Wildman–Crippen LogP) is 4.36. The van der Waals surface area contributed by atoms with Crippen LogP contribution in [0.1, 0.15) is 9.67 Å². The zero-order chi connectivity index (χ0) is 15.5. The van der Waals surface area contributed by atoms with Crippen molar-refractivity contribution >= 4 is 39.1 Å². The lowest BCUT2D eigenvalue weighted by molar-refractivity contribution is 0.103. The average molecular weight is 378 g/mol. The second kappa shape index (κ2) is 6.33. The van der Waals surface area contributed by atoms with Crippen LogP contribution in [-0.4, -0.2) is 15.5 Å². The van der Waals surface area contributed by atoms with Gasteiger partial charge in [-0.1, -0.05) is 16.6 Å². The van der Waals surface area contributed by atoms with E-state index in [2.05, 4.69) is 30.8 Å². The molecule has 3 aromatic rings. The maximum atomic E-state index is 13.0. The van der Waals surface area contributed by atoms with Gasteiger partial charge < -0.3 is 5.32 Å². The summed E-state index contributed by atoms with van der Waals surface area (Å²) in [5, 5.41) is 6.78. The lowest BCUT2D eigenvalue weighted by atomic mass is 10.1. The van der Waals surface area contributed by atoms with Crippen LogP contribution in [0, 0.1) is 5.82 Å². The molecule has 1 heterocycles. The molecule has 0 saturated carbocycles.